The topological polar surface area (TPSA) is 68.0 Å². The summed E-state index contributed by atoms with van der Waals surface area (Å²) >= 11 is 0. The molecule has 5 nitrogen and oxygen atoms in total. The second kappa shape index (κ2) is 6.50. The molecule has 0 aliphatic heterocycles. The first-order valence-electron chi connectivity index (χ1n) is 7.55. The summed E-state index contributed by atoms with van der Waals surface area (Å²) in [5.74, 6) is -1.10. The highest BCUT2D eigenvalue weighted by molar-refractivity contribution is 5.90. The third kappa shape index (κ3) is 3.25. The molecule has 24 heavy (non-hydrogen) atoms. The van der Waals surface area contributed by atoms with Crippen LogP contribution in [0.3, 0.4) is 0 Å². The summed E-state index contributed by atoms with van der Waals surface area (Å²) in [6, 6.07) is 15.6. The maximum atomic E-state index is 11.5. The van der Waals surface area contributed by atoms with Crippen LogP contribution < -0.4 is 0 Å². The van der Waals surface area contributed by atoms with Gasteiger partial charge in [-0.1, -0.05) is 47.7 Å². The van der Waals surface area contributed by atoms with E-state index in [2.05, 4.69) is 16.4 Å². The van der Waals surface area contributed by atoms with Gasteiger partial charge >= 0.3 is 5.97 Å². The molecular formula is C19H17N3O2. The van der Waals surface area contributed by atoms with Crippen LogP contribution in [0, 0.1) is 13.8 Å². The molecule has 3 aromatic rings. The van der Waals surface area contributed by atoms with Gasteiger partial charge in [0.1, 0.15) is 5.69 Å². The van der Waals surface area contributed by atoms with Gasteiger partial charge in [0, 0.05) is 0 Å². The highest BCUT2D eigenvalue weighted by Crippen LogP contribution is 2.19. The number of carbonyl (C=O) groups is 1. The second-order valence-electron chi connectivity index (χ2n) is 5.63. The Morgan fingerprint density at radius 3 is 2.33 bits per heavy atom. The SMILES string of the molecule is Cc1cc(C)cc(-n2nnc(C(=O)O)c2/C=C/c2ccccc2)c1. The number of rotatable bonds is 4. The predicted octanol–water partition coefficient (Wildman–Crippen LogP) is 3.75. The van der Waals surface area contributed by atoms with Gasteiger partial charge in [-0.15, -0.1) is 5.10 Å². The molecule has 120 valence electrons. The summed E-state index contributed by atoms with van der Waals surface area (Å²) < 4.78 is 1.56. The first-order valence-corrected chi connectivity index (χ1v) is 7.55. The highest BCUT2D eigenvalue weighted by atomic mass is 16.4. The smallest absolute Gasteiger partial charge is 0.358 e. The summed E-state index contributed by atoms with van der Waals surface area (Å²) in [4.78, 5) is 11.5. The number of aromatic carboxylic acids is 1. The molecule has 0 radical (unpaired) electrons. The summed E-state index contributed by atoms with van der Waals surface area (Å²) in [6.45, 7) is 3.98. The lowest BCUT2D eigenvalue weighted by Crippen LogP contribution is -2.03. The Kier molecular flexibility index (Phi) is 4.24. The molecule has 1 heterocycles. The van der Waals surface area contributed by atoms with Crippen molar-refractivity contribution < 1.29 is 9.90 Å². The lowest BCUT2D eigenvalue weighted by atomic mass is 10.1. The van der Waals surface area contributed by atoms with Gasteiger partial charge in [-0.3, -0.25) is 0 Å². The molecular weight excluding hydrogens is 302 g/mol. The maximum Gasteiger partial charge on any atom is 0.358 e. The number of benzene rings is 2. The number of hydrogen-bond donors (Lipinski definition) is 1. The zero-order chi connectivity index (χ0) is 17.1. The van der Waals surface area contributed by atoms with Crippen molar-refractivity contribution in [2.45, 2.75) is 13.8 Å². The Balaban J connectivity index is 2.11. The molecule has 0 amide bonds. The normalized spacial score (nSPS) is 11.1. The molecule has 0 bridgehead atoms. The monoisotopic (exact) mass is 319 g/mol. The number of carboxylic acid groups (broad SMARTS) is 1. The second-order valence-corrected chi connectivity index (χ2v) is 5.63. The molecule has 2 aromatic carbocycles. The van der Waals surface area contributed by atoms with Crippen LogP contribution in [0.4, 0.5) is 0 Å². The van der Waals surface area contributed by atoms with Gasteiger partial charge in [0.05, 0.1) is 5.69 Å². The molecule has 1 N–H and O–H groups in total. The third-order valence-electron chi connectivity index (χ3n) is 3.59. The van der Waals surface area contributed by atoms with Crippen LogP contribution in [0.25, 0.3) is 17.8 Å². The summed E-state index contributed by atoms with van der Waals surface area (Å²) in [6.07, 6.45) is 3.58. The van der Waals surface area contributed by atoms with Crippen molar-refractivity contribution in [2.24, 2.45) is 0 Å². The third-order valence-corrected chi connectivity index (χ3v) is 3.59. The molecule has 0 spiro atoms. The van der Waals surface area contributed by atoms with Crippen LogP contribution in [-0.2, 0) is 0 Å². The zero-order valence-corrected chi connectivity index (χ0v) is 13.5. The van der Waals surface area contributed by atoms with Crippen molar-refractivity contribution in [3.63, 3.8) is 0 Å². The molecule has 0 saturated heterocycles. The van der Waals surface area contributed by atoms with E-state index in [1.54, 1.807) is 10.8 Å². The molecule has 0 saturated carbocycles. The minimum Gasteiger partial charge on any atom is -0.476 e. The molecule has 0 aliphatic carbocycles. The number of nitrogens with zero attached hydrogens (tertiary/aromatic N) is 3. The molecule has 0 unspecified atom stereocenters. The molecule has 5 heteroatoms. The number of aromatic nitrogens is 3. The summed E-state index contributed by atoms with van der Waals surface area (Å²) in [7, 11) is 0. The van der Waals surface area contributed by atoms with E-state index >= 15 is 0 Å². The Morgan fingerprint density at radius 2 is 1.71 bits per heavy atom. The van der Waals surface area contributed by atoms with E-state index in [9.17, 15) is 9.90 Å². The van der Waals surface area contributed by atoms with E-state index in [4.69, 9.17) is 0 Å². The van der Waals surface area contributed by atoms with Gasteiger partial charge < -0.3 is 5.11 Å². The Bertz CT molecular complexity index is 891. The van der Waals surface area contributed by atoms with Crippen molar-refractivity contribution in [2.75, 3.05) is 0 Å². The van der Waals surface area contributed by atoms with E-state index < -0.39 is 5.97 Å². The van der Waals surface area contributed by atoms with Crippen LogP contribution in [0.15, 0.2) is 48.5 Å². The van der Waals surface area contributed by atoms with Crippen LogP contribution in [0.5, 0.6) is 0 Å². The minimum atomic E-state index is -1.10. The van der Waals surface area contributed by atoms with Crippen molar-refractivity contribution in [1.29, 1.82) is 0 Å². The van der Waals surface area contributed by atoms with Crippen LogP contribution >= 0.6 is 0 Å². The van der Waals surface area contributed by atoms with Crippen molar-refractivity contribution in [3.05, 3.63) is 76.6 Å². The first-order chi connectivity index (χ1) is 11.5. The van der Waals surface area contributed by atoms with Crippen molar-refractivity contribution in [1.82, 2.24) is 15.0 Å². The van der Waals surface area contributed by atoms with E-state index in [0.29, 0.717) is 5.69 Å². The summed E-state index contributed by atoms with van der Waals surface area (Å²) in [5, 5.41) is 17.2. The van der Waals surface area contributed by atoms with Crippen molar-refractivity contribution >= 4 is 18.1 Å². The van der Waals surface area contributed by atoms with Gasteiger partial charge in [-0.05, 0) is 48.7 Å². The zero-order valence-electron chi connectivity index (χ0n) is 13.5. The van der Waals surface area contributed by atoms with Crippen LogP contribution in [-0.4, -0.2) is 26.1 Å². The summed E-state index contributed by atoms with van der Waals surface area (Å²) in [5.41, 5.74) is 4.30. The molecule has 3 rings (SSSR count). The van der Waals surface area contributed by atoms with Crippen LogP contribution in [0.1, 0.15) is 32.9 Å². The fourth-order valence-corrected chi connectivity index (χ4v) is 2.59. The van der Waals surface area contributed by atoms with E-state index in [-0.39, 0.29) is 5.69 Å². The van der Waals surface area contributed by atoms with Gasteiger partial charge in [0.25, 0.3) is 0 Å². The van der Waals surface area contributed by atoms with Crippen LogP contribution in [0.2, 0.25) is 0 Å². The Hall–Kier alpha value is -3.21. The fourth-order valence-electron chi connectivity index (χ4n) is 2.59. The number of carboxylic acids is 1. The lowest BCUT2D eigenvalue weighted by Gasteiger charge is -2.07. The fraction of sp³-hybridized carbons (Fsp3) is 0.105. The first kappa shape index (κ1) is 15.7. The standard InChI is InChI=1S/C19H17N3O2/c1-13-10-14(2)12-16(11-13)22-17(18(19(23)24)20-21-22)9-8-15-6-4-3-5-7-15/h3-12H,1-2H3,(H,23,24)/b9-8+. The average Bonchev–Trinajstić information content (AvgIpc) is 2.97. The Morgan fingerprint density at radius 1 is 1.04 bits per heavy atom. The molecule has 1 aromatic heterocycles. The highest BCUT2D eigenvalue weighted by Gasteiger charge is 2.18. The van der Waals surface area contributed by atoms with Gasteiger partial charge in [-0.2, -0.15) is 0 Å². The predicted molar refractivity (Wildman–Crippen MR) is 93.2 cm³/mol. The quantitative estimate of drug-likeness (QED) is 0.795. The molecule has 0 atom stereocenters. The minimum absolute atomic E-state index is 0.0682. The largest absolute Gasteiger partial charge is 0.476 e. The van der Waals surface area contributed by atoms with E-state index in [0.717, 1.165) is 22.4 Å². The van der Waals surface area contributed by atoms with Crippen molar-refractivity contribution in [3.8, 4) is 5.69 Å². The van der Waals surface area contributed by atoms with E-state index in [1.807, 2.05) is 62.4 Å². The maximum absolute atomic E-state index is 11.5. The van der Waals surface area contributed by atoms with E-state index in [1.165, 1.54) is 0 Å². The number of aryl methyl sites for hydroxylation is 2. The van der Waals surface area contributed by atoms with Gasteiger partial charge in [-0.25, -0.2) is 9.48 Å². The Labute approximate surface area is 139 Å². The van der Waals surface area contributed by atoms with Gasteiger partial charge in [0.15, 0.2) is 5.69 Å². The lowest BCUT2D eigenvalue weighted by molar-refractivity contribution is 0.0690. The molecule has 0 fully saturated rings. The average molecular weight is 319 g/mol. The van der Waals surface area contributed by atoms with Gasteiger partial charge in [0.2, 0.25) is 0 Å². The molecule has 0 aliphatic rings. The number of hydrogen-bond acceptors (Lipinski definition) is 3.